The summed E-state index contributed by atoms with van der Waals surface area (Å²) in [5, 5.41) is 3.35. The molecule has 2 bridgehead atoms. The standard InChI is InChI=1S/C27H27ClN2O2/c28-22-13-7-8-14-23(22)29-27(31)32-26-21-15-17-30(18-16-21)25(26)24(19-9-3-1-4-10-19)20-11-5-2-6-12-20/h1-14,21,24-26H,15-18H2,(H,29,31)/t25?,26-/m1/s1. The number of hydrogen-bond donors (Lipinski definition) is 1. The van der Waals surface area contributed by atoms with Gasteiger partial charge in [0.05, 0.1) is 16.8 Å². The Morgan fingerprint density at radius 3 is 2.03 bits per heavy atom. The lowest BCUT2D eigenvalue weighted by Crippen LogP contribution is -2.61. The van der Waals surface area contributed by atoms with Crippen molar-refractivity contribution in [3.63, 3.8) is 0 Å². The normalized spacial score (nSPS) is 24.3. The summed E-state index contributed by atoms with van der Waals surface area (Å²) >= 11 is 6.23. The molecule has 3 fully saturated rings. The molecule has 0 aliphatic carbocycles. The van der Waals surface area contributed by atoms with Gasteiger partial charge in [-0.25, -0.2) is 4.79 Å². The van der Waals surface area contributed by atoms with Crippen molar-refractivity contribution in [3.05, 3.63) is 101 Å². The second-order valence-corrected chi connectivity index (χ2v) is 9.04. The summed E-state index contributed by atoms with van der Waals surface area (Å²) in [5.74, 6) is 0.482. The molecule has 0 radical (unpaired) electrons. The molecule has 5 heteroatoms. The average molecular weight is 447 g/mol. The molecule has 3 saturated heterocycles. The number of nitrogens with one attached hydrogen (secondary N) is 1. The molecule has 164 valence electrons. The summed E-state index contributed by atoms with van der Waals surface area (Å²) in [6.45, 7) is 2.08. The number of anilines is 1. The topological polar surface area (TPSA) is 41.6 Å². The van der Waals surface area contributed by atoms with Gasteiger partial charge in [0.25, 0.3) is 0 Å². The lowest BCUT2D eigenvalue weighted by Gasteiger charge is -2.52. The number of piperidine rings is 3. The number of carbonyl (C=O) groups excluding carboxylic acids is 1. The van der Waals surface area contributed by atoms with E-state index in [1.807, 2.05) is 24.3 Å². The number of carbonyl (C=O) groups is 1. The number of nitrogens with zero attached hydrogens (tertiary/aromatic N) is 1. The van der Waals surface area contributed by atoms with Crippen LogP contribution in [-0.4, -0.2) is 36.2 Å². The number of amides is 1. The van der Waals surface area contributed by atoms with Crippen LogP contribution in [0.5, 0.6) is 0 Å². The molecule has 1 unspecified atom stereocenters. The molecule has 0 aromatic heterocycles. The van der Waals surface area contributed by atoms with E-state index in [0.29, 0.717) is 16.6 Å². The fraction of sp³-hybridized carbons (Fsp3) is 0.296. The Hall–Kier alpha value is -2.82. The number of benzene rings is 3. The van der Waals surface area contributed by atoms with Crippen molar-refractivity contribution in [2.24, 2.45) is 5.92 Å². The fourth-order valence-electron chi connectivity index (χ4n) is 5.33. The molecular formula is C27H27ClN2O2. The van der Waals surface area contributed by atoms with Crippen LogP contribution >= 0.6 is 11.6 Å². The maximum absolute atomic E-state index is 12.9. The van der Waals surface area contributed by atoms with Crippen LogP contribution in [0, 0.1) is 5.92 Å². The van der Waals surface area contributed by atoms with E-state index in [2.05, 4.69) is 58.7 Å². The van der Waals surface area contributed by atoms with Crippen molar-refractivity contribution in [1.82, 2.24) is 4.90 Å². The molecule has 4 nitrogen and oxygen atoms in total. The number of para-hydroxylation sites is 1. The average Bonchev–Trinajstić information content (AvgIpc) is 2.84. The Balaban J connectivity index is 1.47. The van der Waals surface area contributed by atoms with Crippen LogP contribution in [-0.2, 0) is 4.74 Å². The van der Waals surface area contributed by atoms with Crippen molar-refractivity contribution in [3.8, 4) is 0 Å². The predicted octanol–water partition coefficient (Wildman–Crippen LogP) is 6.18. The molecule has 32 heavy (non-hydrogen) atoms. The number of hydrogen-bond acceptors (Lipinski definition) is 3. The van der Waals surface area contributed by atoms with Crippen LogP contribution < -0.4 is 5.32 Å². The summed E-state index contributed by atoms with van der Waals surface area (Å²) in [6, 6.07) is 28.5. The highest BCUT2D eigenvalue weighted by Gasteiger charge is 2.48. The number of rotatable bonds is 5. The highest BCUT2D eigenvalue weighted by atomic mass is 35.5. The zero-order chi connectivity index (χ0) is 21.9. The fourth-order valence-corrected chi connectivity index (χ4v) is 5.52. The minimum absolute atomic E-state index is 0.0873. The van der Waals surface area contributed by atoms with E-state index in [0.717, 1.165) is 25.9 Å². The van der Waals surface area contributed by atoms with Crippen molar-refractivity contribution in [2.45, 2.75) is 30.9 Å². The third kappa shape index (κ3) is 4.25. The third-order valence-electron chi connectivity index (χ3n) is 6.81. The largest absolute Gasteiger partial charge is 0.444 e. The van der Waals surface area contributed by atoms with Gasteiger partial charge in [-0.2, -0.15) is 0 Å². The monoisotopic (exact) mass is 446 g/mol. The maximum atomic E-state index is 12.9. The van der Waals surface area contributed by atoms with E-state index in [1.54, 1.807) is 12.1 Å². The van der Waals surface area contributed by atoms with Crippen molar-refractivity contribution in [1.29, 1.82) is 0 Å². The van der Waals surface area contributed by atoms with Gasteiger partial charge in [0.2, 0.25) is 0 Å². The summed E-state index contributed by atoms with van der Waals surface area (Å²) in [4.78, 5) is 15.5. The van der Waals surface area contributed by atoms with Crippen LogP contribution in [0.25, 0.3) is 0 Å². The first kappa shape index (κ1) is 21.0. The number of halogens is 1. The molecule has 3 heterocycles. The molecule has 0 saturated carbocycles. The van der Waals surface area contributed by atoms with E-state index in [4.69, 9.17) is 16.3 Å². The molecular weight excluding hydrogens is 420 g/mol. The summed E-state index contributed by atoms with van der Waals surface area (Å²) in [6.07, 6.45) is 1.47. The Morgan fingerprint density at radius 1 is 0.875 bits per heavy atom. The van der Waals surface area contributed by atoms with Gasteiger partial charge in [0.1, 0.15) is 6.10 Å². The number of fused-ring (bicyclic) bond motifs is 3. The molecule has 2 atom stereocenters. The Morgan fingerprint density at radius 2 is 1.44 bits per heavy atom. The molecule has 3 aromatic rings. The summed E-state index contributed by atoms with van der Waals surface area (Å²) in [7, 11) is 0. The van der Waals surface area contributed by atoms with Crippen LogP contribution in [0.1, 0.15) is 29.9 Å². The van der Waals surface area contributed by atoms with Gasteiger partial charge in [-0.05, 0) is 49.2 Å². The molecule has 3 aliphatic heterocycles. The zero-order valence-electron chi connectivity index (χ0n) is 17.9. The van der Waals surface area contributed by atoms with Crippen LogP contribution in [0.4, 0.5) is 10.5 Å². The van der Waals surface area contributed by atoms with E-state index in [-0.39, 0.29) is 18.1 Å². The Bertz CT molecular complexity index is 1010. The lowest BCUT2D eigenvalue weighted by molar-refractivity contribution is -0.0797. The van der Waals surface area contributed by atoms with Gasteiger partial charge in [-0.3, -0.25) is 10.2 Å². The second-order valence-electron chi connectivity index (χ2n) is 8.64. The van der Waals surface area contributed by atoms with E-state index in [1.165, 1.54) is 11.1 Å². The van der Waals surface area contributed by atoms with Gasteiger partial charge >= 0.3 is 6.09 Å². The summed E-state index contributed by atoms with van der Waals surface area (Å²) < 4.78 is 6.17. The van der Waals surface area contributed by atoms with E-state index >= 15 is 0 Å². The van der Waals surface area contributed by atoms with Crippen LogP contribution in [0.15, 0.2) is 84.9 Å². The van der Waals surface area contributed by atoms with Gasteiger partial charge in [-0.15, -0.1) is 0 Å². The Labute approximate surface area is 194 Å². The van der Waals surface area contributed by atoms with E-state index < -0.39 is 6.09 Å². The minimum atomic E-state index is -0.443. The molecule has 1 amide bonds. The van der Waals surface area contributed by atoms with Crippen LogP contribution in [0.3, 0.4) is 0 Å². The number of ether oxygens (including phenoxy) is 1. The quantitative estimate of drug-likeness (QED) is 0.508. The van der Waals surface area contributed by atoms with Gasteiger partial charge < -0.3 is 4.74 Å². The Kier molecular flexibility index (Phi) is 6.15. The predicted molar refractivity (Wildman–Crippen MR) is 128 cm³/mol. The smallest absolute Gasteiger partial charge is 0.412 e. The first-order valence-electron chi connectivity index (χ1n) is 11.3. The molecule has 1 N–H and O–H groups in total. The molecule has 3 aromatic carbocycles. The minimum Gasteiger partial charge on any atom is -0.444 e. The van der Waals surface area contributed by atoms with Gasteiger partial charge in [0, 0.05) is 11.8 Å². The van der Waals surface area contributed by atoms with Crippen molar-refractivity contribution < 1.29 is 9.53 Å². The highest BCUT2D eigenvalue weighted by molar-refractivity contribution is 6.33. The maximum Gasteiger partial charge on any atom is 0.412 e. The second kappa shape index (κ2) is 9.35. The molecule has 6 rings (SSSR count). The first-order chi connectivity index (χ1) is 15.7. The zero-order valence-corrected chi connectivity index (χ0v) is 18.6. The first-order valence-corrected chi connectivity index (χ1v) is 11.6. The lowest BCUT2D eigenvalue weighted by atomic mass is 9.72. The van der Waals surface area contributed by atoms with Gasteiger partial charge in [-0.1, -0.05) is 84.4 Å². The van der Waals surface area contributed by atoms with Crippen molar-refractivity contribution in [2.75, 3.05) is 18.4 Å². The summed E-state index contributed by atoms with van der Waals surface area (Å²) in [5.41, 5.74) is 3.06. The van der Waals surface area contributed by atoms with Crippen LogP contribution in [0.2, 0.25) is 5.02 Å². The third-order valence-corrected chi connectivity index (χ3v) is 7.14. The van der Waals surface area contributed by atoms with Crippen molar-refractivity contribution >= 4 is 23.4 Å². The van der Waals surface area contributed by atoms with Gasteiger partial charge in [0.15, 0.2) is 0 Å². The molecule has 3 aliphatic rings. The molecule has 0 spiro atoms. The highest BCUT2D eigenvalue weighted by Crippen LogP contribution is 2.43. The van der Waals surface area contributed by atoms with E-state index in [9.17, 15) is 4.79 Å². The SMILES string of the molecule is O=C(Nc1ccccc1Cl)O[C@@H]1C2CCN(CC2)C1C(c1ccccc1)c1ccccc1.